The Morgan fingerprint density at radius 2 is 2.04 bits per heavy atom. The van der Waals surface area contributed by atoms with Gasteiger partial charge in [-0.15, -0.1) is 11.3 Å². The lowest BCUT2D eigenvalue weighted by molar-refractivity contribution is 0.0933. The van der Waals surface area contributed by atoms with Crippen molar-refractivity contribution in [3.8, 4) is 10.4 Å². The van der Waals surface area contributed by atoms with Crippen molar-refractivity contribution >= 4 is 23.1 Å². The fourth-order valence-corrected chi connectivity index (χ4v) is 4.00. The fraction of sp³-hybridized carbons (Fsp3) is 0.526. The average molecular weight is 410 g/mol. The van der Waals surface area contributed by atoms with Crippen molar-refractivity contribution in [1.29, 1.82) is 0 Å². The number of rotatable bonds is 5. The predicted molar refractivity (Wildman–Crippen MR) is 105 cm³/mol. The molecule has 2 aromatic heterocycles. The summed E-state index contributed by atoms with van der Waals surface area (Å²) in [6.45, 7) is 5.76. The SMILES string of the molecule is CC(C)(C)Nc1cc(C(F)F)c(-c2cnc(C(=O)N[C@H]3CC[C@H](O)C3)s2)cn1. The Bertz CT molecular complexity index is 851. The van der Waals surface area contributed by atoms with Gasteiger partial charge in [-0.3, -0.25) is 4.79 Å². The quantitative estimate of drug-likeness (QED) is 0.694. The van der Waals surface area contributed by atoms with Gasteiger partial charge in [0.05, 0.1) is 11.0 Å². The van der Waals surface area contributed by atoms with Gasteiger partial charge < -0.3 is 15.7 Å². The van der Waals surface area contributed by atoms with Crippen LogP contribution in [-0.4, -0.2) is 38.7 Å². The fourth-order valence-electron chi connectivity index (χ4n) is 3.15. The molecule has 1 aliphatic rings. The largest absolute Gasteiger partial charge is 0.393 e. The number of carbonyl (C=O) groups is 1. The summed E-state index contributed by atoms with van der Waals surface area (Å²) in [7, 11) is 0. The van der Waals surface area contributed by atoms with Gasteiger partial charge in [0.15, 0.2) is 5.01 Å². The number of halogens is 2. The molecule has 1 aliphatic carbocycles. The molecule has 2 aromatic rings. The topological polar surface area (TPSA) is 87.1 Å². The van der Waals surface area contributed by atoms with E-state index in [-0.39, 0.29) is 33.6 Å². The van der Waals surface area contributed by atoms with Crippen molar-refractivity contribution in [1.82, 2.24) is 15.3 Å². The summed E-state index contributed by atoms with van der Waals surface area (Å²) in [5, 5.41) is 15.7. The van der Waals surface area contributed by atoms with Crippen LogP contribution >= 0.6 is 11.3 Å². The summed E-state index contributed by atoms with van der Waals surface area (Å²) in [6.07, 6.45) is 1.63. The van der Waals surface area contributed by atoms with E-state index in [4.69, 9.17) is 0 Å². The van der Waals surface area contributed by atoms with Crippen molar-refractivity contribution < 1.29 is 18.7 Å². The second-order valence-corrected chi connectivity index (χ2v) is 9.03. The molecule has 152 valence electrons. The molecule has 0 radical (unpaired) electrons. The van der Waals surface area contributed by atoms with E-state index in [1.165, 1.54) is 18.5 Å². The Kier molecular flexibility index (Phi) is 5.95. The number of aromatic nitrogens is 2. The molecule has 1 amide bonds. The lowest BCUT2D eigenvalue weighted by Gasteiger charge is -2.22. The van der Waals surface area contributed by atoms with E-state index in [0.29, 0.717) is 30.0 Å². The summed E-state index contributed by atoms with van der Waals surface area (Å²) in [4.78, 5) is 21.1. The van der Waals surface area contributed by atoms with Crippen molar-refractivity contribution in [3.05, 3.63) is 29.0 Å². The van der Waals surface area contributed by atoms with Crippen LogP contribution in [0.4, 0.5) is 14.6 Å². The Morgan fingerprint density at radius 1 is 1.29 bits per heavy atom. The van der Waals surface area contributed by atoms with Crippen LogP contribution in [0, 0.1) is 0 Å². The van der Waals surface area contributed by atoms with Crippen molar-refractivity contribution in [3.63, 3.8) is 0 Å². The standard InChI is InChI=1S/C19H24F2N4O2S/c1-19(2,3)25-15-7-12(16(20)21)13(8-22-15)14-9-23-18(28-14)17(27)24-10-4-5-11(26)6-10/h7-11,16,26H,4-6H2,1-3H3,(H,22,25)(H,24,27)/t10-,11-/m0/s1. The smallest absolute Gasteiger partial charge is 0.280 e. The number of pyridine rings is 1. The van der Waals surface area contributed by atoms with Crippen LogP contribution in [0.5, 0.6) is 0 Å². The van der Waals surface area contributed by atoms with Gasteiger partial charge >= 0.3 is 0 Å². The molecule has 1 saturated carbocycles. The minimum Gasteiger partial charge on any atom is -0.393 e. The summed E-state index contributed by atoms with van der Waals surface area (Å²) in [5.74, 6) is 0.0155. The molecule has 2 heterocycles. The summed E-state index contributed by atoms with van der Waals surface area (Å²) >= 11 is 1.05. The van der Waals surface area contributed by atoms with Gasteiger partial charge in [-0.2, -0.15) is 0 Å². The molecule has 3 N–H and O–H groups in total. The third-order valence-corrected chi connectivity index (χ3v) is 5.41. The second kappa shape index (κ2) is 8.08. The Labute approximate surface area is 166 Å². The predicted octanol–water partition coefficient (Wildman–Crippen LogP) is 4.00. The third kappa shape index (κ3) is 5.02. The molecule has 2 atom stereocenters. The maximum Gasteiger partial charge on any atom is 0.280 e. The highest BCUT2D eigenvalue weighted by atomic mass is 32.1. The van der Waals surface area contributed by atoms with E-state index in [1.807, 2.05) is 20.8 Å². The van der Waals surface area contributed by atoms with Gasteiger partial charge in [0.25, 0.3) is 12.3 Å². The van der Waals surface area contributed by atoms with Crippen LogP contribution in [-0.2, 0) is 0 Å². The first kappa shape index (κ1) is 20.6. The number of alkyl halides is 2. The monoisotopic (exact) mass is 410 g/mol. The number of nitrogens with zero attached hydrogens (tertiary/aromatic N) is 2. The van der Waals surface area contributed by atoms with Crippen LogP contribution in [0.15, 0.2) is 18.5 Å². The van der Waals surface area contributed by atoms with Crippen molar-refractivity contribution in [2.24, 2.45) is 0 Å². The molecule has 0 unspecified atom stereocenters. The minimum atomic E-state index is -2.68. The Hall–Kier alpha value is -2.13. The van der Waals surface area contributed by atoms with Gasteiger partial charge in [0.1, 0.15) is 5.82 Å². The van der Waals surface area contributed by atoms with Gasteiger partial charge in [0.2, 0.25) is 0 Å². The number of hydrogen-bond acceptors (Lipinski definition) is 6. The Morgan fingerprint density at radius 3 is 2.64 bits per heavy atom. The number of anilines is 1. The summed E-state index contributed by atoms with van der Waals surface area (Å²) < 4.78 is 27.2. The van der Waals surface area contributed by atoms with E-state index in [2.05, 4.69) is 20.6 Å². The second-order valence-electron chi connectivity index (χ2n) is 8.00. The first-order valence-electron chi connectivity index (χ1n) is 9.14. The number of nitrogens with one attached hydrogen (secondary N) is 2. The highest BCUT2D eigenvalue weighted by Gasteiger charge is 2.26. The Balaban J connectivity index is 1.80. The molecule has 0 spiro atoms. The molecule has 0 bridgehead atoms. The summed E-state index contributed by atoms with van der Waals surface area (Å²) in [5.41, 5.74) is -0.198. The molecule has 9 heteroatoms. The number of aliphatic hydroxyl groups excluding tert-OH is 1. The lowest BCUT2D eigenvalue weighted by atomic mass is 10.1. The van der Waals surface area contributed by atoms with Crippen LogP contribution in [0.3, 0.4) is 0 Å². The number of carbonyl (C=O) groups excluding carboxylic acids is 1. The zero-order valence-electron chi connectivity index (χ0n) is 16.0. The van der Waals surface area contributed by atoms with Gasteiger partial charge in [0, 0.05) is 35.1 Å². The van der Waals surface area contributed by atoms with E-state index >= 15 is 0 Å². The number of amides is 1. The highest BCUT2D eigenvalue weighted by molar-refractivity contribution is 7.17. The molecule has 28 heavy (non-hydrogen) atoms. The molecule has 6 nitrogen and oxygen atoms in total. The average Bonchev–Trinajstić information content (AvgIpc) is 3.22. The molecule has 3 rings (SSSR count). The normalized spacial score (nSPS) is 19.8. The number of hydrogen-bond donors (Lipinski definition) is 3. The minimum absolute atomic E-state index is 0.0871. The molecule has 0 aliphatic heterocycles. The first-order chi connectivity index (χ1) is 13.1. The first-order valence-corrected chi connectivity index (χ1v) is 9.95. The lowest BCUT2D eigenvalue weighted by Crippen LogP contribution is -2.33. The molecular formula is C19H24F2N4O2S. The number of thiazole rings is 1. The zero-order valence-corrected chi connectivity index (χ0v) is 16.8. The van der Waals surface area contributed by atoms with Gasteiger partial charge in [-0.1, -0.05) is 0 Å². The van der Waals surface area contributed by atoms with Crippen molar-refractivity contribution in [2.45, 2.75) is 64.1 Å². The van der Waals surface area contributed by atoms with E-state index < -0.39 is 12.5 Å². The van der Waals surface area contributed by atoms with Gasteiger partial charge in [-0.05, 0) is 46.1 Å². The molecule has 1 fully saturated rings. The van der Waals surface area contributed by atoms with E-state index in [9.17, 15) is 18.7 Å². The molecule has 0 saturated heterocycles. The van der Waals surface area contributed by atoms with Gasteiger partial charge in [-0.25, -0.2) is 18.7 Å². The van der Waals surface area contributed by atoms with E-state index in [0.717, 1.165) is 11.3 Å². The van der Waals surface area contributed by atoms with Crippen LogP contribution < -0.4 is 10.6 Å². The molecule has 0 aromatic carbocycles. The highest BCUT2D eigenvalue weighted by Crippen LogP contribution is 2.35. The van der Waals surface area contributed by atoms with Crippen LogP contribution in [0.25, 0.3) is 10.4 Å². The summed E-state index contributed by atoms with van der Waals surface area (Å²) in [6, 6.07) is 1.25. The molecular weight excluding hydrogens is 386 g/mol. The maximum atomic E-state index is 13.6. The number of aliphatic hydroxyl groups is 1. The van der Waals surface area contributed by atoms with Crippen LogP contribution in [0.1, 0.15) is 61.8 Å². The van der Waals surface area contributed by atoms with Crippen LogP contribution in [0.2, 0.25) is 0 Å². The van der Waals surface area contributed by atoms with E-state index in [1.54, 1.807) is 0 Å². The maximum absolute atomic E-state index is 13.6. The zero-order chi connectivity index (χ0) is 20.5. The third-order valence-electron chi connectivity index (χ3n) is 4.38. The van der Waals surface area contributed by atoms with Crippen molar-refractivity contribution in [2.75, 3.05) is 5.32 Å².